The highest BCUT2D eigenvalue weighted by Gasteiger charge is 2.31. The maximum Gasteiger partial charge on any atom is 0.406 e. The summed E-state index contributed by atoms with van der Waals surface area (Å²) in [6, 6.07) is 15.5. The first kappa shape index (κ1) is 23.7. The van der Waals surface area contributed by atoms with E-state index >= 15 is 0 Å². The van der Waals surface area contributed by atoms with Crippen molar-refractivity contribution in [3.05, 3.63) is 60.8 Å². The van der Waals surface area contributed by atoms with Crippen molar-refractivity contribution >= 4 is 41.0 Å². The molecule has 0 atom stereocenters. The Bertz CT molecular complexity index is 1090. The van der Waals surface area contributed by atoms with Gasteiger partial charge in [0.1, 0.15) is 6.54 Å². The summed E-state index contributed by atoms with van der Waals surface area (Å²) in [6.07, 6.45) is -3.07. The third kappa shape index (κ3) is 6.79. The Hall–Kier alpha value is -2.92. The van der Waals surface area contributed by atoms with Gasteiger partial charge in [0.15, 0.2) is 5.16 Å². The number of nitrogens with two attached hydrogens (primary N) is 1. The number of hydrogen-bond donors (Lipinski definition) is 2. The van der Waals surface area contributed by atoms with E-state index in [4.69, 9.17) is 5.73 Å². The Morgan fingerprint density at radius 1 is 1.00 bits per heavy atom. The molecule has 3 rings (SSSR count). The quantitative estimate of drug-likeness (QED) is 0.443. The van der Waals surface area contributed by atoms with Crippen molar-refractivity contribution in [3.63, 3.8) is 0 Å². The zero-order valence-electron chi connectivity index (χ0n) is 16.6. The molecule has 3 N–H and O–H groups in total. The molecule has 0 aliphatic carbocycles. The van der Waals surface area contributed by atoms with Gasteiger partial charge in [0, 0.05) is 4.90 Å². The predicted octanol–water partition coefficient (Wildman–Crippen LogP) is 4.42. The number of imidazole rings is 1. The molecule has 0 spiro atoms. The number of halogens is 3. The number of para-hydroxylation sites is 1. The molecule has 6 nitrogen and oxygen atoms in total. The van der Waals surface area contributed by atoms with Gasteiger partial charge in [-0.05, 0) is 17.7 Å². The van der Waals surface area contributed by atoms with Gasteiger partial charge in [-0.3, -0.25) is 9.59 Å². The van der Waals surface area contributed by atoms with E-state index < -0.39 is 24.5 Å². The number of thioether (sulfide) groups is 2. The molecule has 32 heavy (non-hydrogen) atoms. The Balaban J connectivity index is 1.72. The number of hydrogen-bond acceptors (Lipinski definition) is 5. The second kappa shape index (κ2) is 10.6. The zero-order valence-corrected chi connectivity index (χ0v) is 18.3. The average Bonchev–Trinajstić information content (AvgIpc) is 3.13. The molecule has 1 aromatic heterocycles. The van der Waals surface area contributed by atoms with E-state index in [2.05, 4.69) is 10.3 Å². The Morgan fingerprint density at radius 2 is 1.69 bits per heavy atom. The lowest BCUT2D eigenvalue weighted by molar-refractivity contribution is -0.141. The molecular weight excluding hydrogens is 461 g/mol. The lowest BCUT2D eigenvalue weighted by atomic mass is 10.2. The predicted molar refractivity (Wildman–Crippen MR) is 119 cm³/mol. The fraction of sp³-hybridized carbons (Fsp3) is 0.190. The summed E-state index contributed by atoms with van der Waals surface area (Å²) in [5.41, 5.74) is 6.58. The summed E-state index contributed by atoms with van der Waals surface area (Å²) in [6.45, 7) is -1.21. The molecule has 0 bridgehead atoms. The fourth-order valence-electron chi connectivity index (χ4n) is 2.81. The van der Waals surface area contributed by atoms with E-state index in [0.29, 0.717) is 21.8 Å². The average molecular weight is 481 g/mol. The van der Waals surface area contributed by atoms with E-state index in [-0.39, 0.29) is 16.7 Å². The second-order valence-electron chi connectivity index (χ2n) is 6.58. The van der Waals surface area contributed by atoms with Crippen LogP contribution in [-0.4, -0.2) is 39.0 Å². The number of nitrogens with zero attached hydrogens (tertiary/aromatic N) is 2. The number of nitrogens with one attached hydrogen (secondary N) is 1. The van der Waals surface area contributed by atoms with Crippen molar-refractivity contribution in [2.45, 2.75) is 22.8 Å². The van der Waals surface area contributed by atoms with Gasteiger partial charge in [-0.15, -0.1) is 11.8 Å². The summed E-state index contributed by atoms with van der Waals surface area (Å²) in [7, 11) is 0. The lowest BCUT2D eigenvalue weighted by Gasteiger charge is -2.14. The molecule has 2 aromatic carbocycles. The standard InChI is InChI=1S/C21H19F3N4O2S2/c22-21(23,24)13-28-16(14-6-2-1-3-7-14)10-26-20(28)32-12-19(30)27-15-8-4-5-9-17(15)31-11-18(25)29/h1-10H,11-13H2,(H2,25,29)(H,27,30). The van der Waals surface area contributed by atoms with Crippen LogP contribution in [0.25, 0.3) is 11.3 Å². The molecule has 0 fully saturated rings. The molecule has 0 aliphatic heterocycles. The first-order valence-electron chi connectivity index (χ1n) is 9.33. The van der Waals surface area contributed by atoms with Crippen molar-refractivity contribution in [1.29, 1.82) is 0 Å². The Kier molecular flexibility index (Phi) is 7.86. The zero-order chi connectivity index (χ0) is 23.1. The normalized spacial score (nSPS) is 11.3. The monoisotopic (exact) mass is 480 g/mol. The molecule has 3 aromatic rings. The van der Waals surface area contributed by atoms with Crippen molar-refractivity contribution in [2.24, 2.45) is 5.73 Å². The molecular formula is C21H19F3N4O2S2. The summed E-state index contributed by atoms with van der Waals surface area (Å²) in [5.74, 6) is -0.987. The minimum absolute atomic E-state index is 0.0543. The van der Waals surface area contributed by atoms with E-state index in [0.717, 1.165) is 16.3 Å². The Morgan fingerprint density at radius 3 is 2.38 bits per heavy atom. The van der Waals surface area contributed by atoms with E-state index in [1.807, 2.05) is 0 Å². The number of benzene rings is 2. The van der Waals surface area contributed by atoms with Crippen LogP contribution in [0.3, 0.4) is 0 Å². The molecule has 0 aliphatic rings. The minimum atomic E-state index is -4.45. The van der Waals surface area contributed by atoms with Gasteiger partial charge >= 0.3 is 6.18 Å². The number of rotatable bonds is 9. The summed E-state index contributed by atoms with van der Waals surface area (Å²) in [4.78, 5) is 28.3. The number of anilines is 1. The summed E-state index contributed by atoms with van der Waals surface area (Å²) in [5, 5.41) is 2.81. The first-order valence-corrected chi connectivity index (χ1v) is 11.3. The van der Waals surface area contributed by atoms with Crippen molar-refractivity contribution in [2.75, 3.05) is 16.8 Å². The number of primary amides is 1. The molecule has 168 valence electrons. The van der Waals surface area contributed by atoms with Crippen LogP contribution in [-0.2, 0) is 16.1 Å². The highest BCUT2D eigenvalue weighted by Crippen LogP contribution is 2.31. The molecule has 0 saturated heterocycles. The second-order valence-corrected chi connectivity index (χ2v) is 8.54. The van der Waals surface area contributed by atoms with Crippen LogP contribution < -0.4 is 11.1 Å². The smallest absolute Gasteiger partial charge is 0.369 e. The van der Waals surface area contributed by atoms with Crippen molar-refractivity contribution in [3.8, 4) is 11.3 Å². The fourth-order valence-corrected chi connectivity index (χ4v) is 4.33. The highest BCUT2D eigenvalue weighted by atomic mass is 32.2. The van der Waals surface area contributed by atoms with Gasteiger partial charge in [-0.2, -0.15) is 13.2 Å². The number of carbonyl (C=O) groups is 2. The van der Waals surface area contributed by atoms with Crippen molar-refractivity contribution < 1.29 is 22.8 Å². The van der Waals surface area contributed by atoms with Crippen LogP contribution in [0.5, 0.6) is 0 Å². The van der Waals surface area contributed by atoms with Crippen LogP contribution in [0.2, 0.25) is 0 Å². The summed E-state index contributed by atoms with van der Waals surface area (Å²) >= 11 is 2.10. The van der Waals surface area contributed by atoms with Gasteiger partial charge < -0.3 is 15.6 Å². The molecule has 1 heterocycles. The molecule has 2 amide bonds. The van der Waals surface area contributed by atoms with Gasteiger partial charge in [-0.1, -0.05) is 54.2 Å². The van der Waals surface area contributed by atoms with Crippen LogP contribution in [0, 0.1) is 0 Å². The molecule has 11 heteroatoms. The van der Waals surface area contributed by atoms with Gasteiger partial charge in [0.25, 0.3) is 0 Å². The van der Waals surface area contributed by atoms with Crippen LogP contribution in [0.4, 0.5) is 18.9 Å². The van der Waals surface area contributed by atoms with E-state index in [9.17, 15) is 22.8 Å². The largest absolute Gasteiger partial charge is 0.406 e. The first-order chi connectivity index (χ1) is 15.2. The number of aromatic nitrogens is 2. The van der Waals surface area contributed by atoms with Gasteiger partial charge in [-0.25, -0.2) is 4.98 Å². The maximum absolute atomic E-state index is 13.2. The highest BCUT2D eigenvalue weighted by molar-refractivity contribution is 8.00. The molecule has 0 saturated carbocycles. The number of amides is 2. The third-order valence-electron chi connectivity index (χ3n) is 4.09. The number of carbonyl (C=O) groups excluding carboxylic acids is 2. The van der Waals surface area contributed by atoms with Crippen LogP contribution in [0.15, 0.2) is 70.8 Å². The van der Waals surface area contributed by atoms with Crippen LogP contribution in [0.1, 0.15) is 0 Å². The molecule has 0 unspecified atom stereocenters. The van der Waals surface area contributed by atoms with Crippen LogP contribution >= 0.6 is 23.5 Å². The SMILES string of the molecule is NC(=O)CSc1ccccc1NC(=O)CSc1ncc(-c2ccccc2)n1CC(F)(F)F. The summed E-state index contributed by atoms with van der Waals surface area (Å²) < 4.78 is 40.6. The van der Waals surface area contributed by atoms with E-state index in [1.54, 1.807) is 54.6 Å². The van der Waals surface area contributed by atoms with Gasteiger partial charge in [0.05, 0.1) is 29.1 Å². The maximum atomic E-state index is 13.2. The topological polar surface area (TPSA) is 90.0 Å². The van der Waals surface area contributed by atoms with Crippen molar-refractivity contribution in [1.82, 2.24) is 9.55 Å². The number of alkyl halides is 3. The van der Waals surface area contributed by atoms with Gasteiger partial charge in [0.2, 0.25) is 11.8 Å². The Labute approximate surface area is 190 Å². The third-order valence-corrected chi connectivity index (χ3v) is 6.18. The minimum Gasteiger partial charge on any atom is -0.369 e. The van der Waals surface area contributed by atoms with E-state index in [1.165, 1.54) is 18.0 Å². The molecule has 0 radical (unpaired) electrons. The lowest BCUT2D eigenvalue weighted by Crippen LogP contribution is -2.20.